The van der Waals surface area contributed by atoms with Gasteiger partial charge in [0, 0.05) is 5.02 Å². The van der Waals surface area contributed by atoms with E-state index in [9.17, 15) is 9.59 Å². The molecule has 0 spiro atoms. The number of thiocarbonyl (C=S) groups is 1. The molecule has 1 heterocycles. The highest BCUT2D eigenvalue weighted by Crippen LogP contribution is 2.34. The number of fused-ring (bicyclic) bond motifs is 1. The Morgan fingerprint density at radius 3 is 2.24 bits per heavy atom. The Balaban J connectivity index is 1.60. The van der Waals surface area contributed by atoms with Crippen LogP contribution in [-0.2, 0) is 9.59 Å². The number of benzene rings is 4. The van der Waals surface area contributed by atoms with Crippen LogP contribution in [0.3, 0.4) is 0 Å². The molecule has 0 aromatic heterocycles. The van der Waals surface area contributed by atoms with Gasteiger partial charge in [-0.05, 0) is 71.4 Å². The van der Waals surface area contributed by atoms with Crippen LogP contribution in [0, 0.1) is 0 Å². The van der Waals surface area contributed by atoms with Crippen LogP contribution < -0.4 is 4.90 Å². The molecule has 37 heavy (non-hydrogen) atoms. The molecule has 0 bridgehead atoms. The summed E-state index contributed by atoms with van der Waals surface area (Å²) in [5, 5.41) is 2.76. The second kappa shape index (κ2) is 10.5. The fourth-order valence-corrected chi connectivity index (χ4v) is 5.05. The van der Waals surface area contributed by atoms with Crippen molar-refractivity contribution in [3.8, 4) is 0 Å². The van der Waals surface area contributed by atoms with Gasteiger partial charge in [0.25, 0.3) is 11.8 Å². The fourth-order valence-electron chi connectivity index (χ4n) is 4.50. The van der Waals surface area contributed by atoms with Crippen LogP contribution in [0.4, 0.5) is 5.69 Å². The zero-order valence-electron chi connectivity index (χ0n) is 20.0. The first-order chi connectivity index (χ1) is 18.0. The molecule has 1 atom stereocenters. The zero-order chi connectivity index (χ0) is 25.9. The maximum atomic E-state index is 13.8. The van der Waals surface area contributed by atoms with Crippen LogP contribution in [-0.4, -0.2) is 21.8 Å². The van der Waals surface area contributed by atoms with Gasteiger partial charge in [0.2, 0.25) is 0 Å². The van der Waals surface area contributed by atoms with Gasteiger partial charge in [-0.25, -0.2) is 0 Å². The molecule has 1 saturated heterocycles. The van der Waals surface area contributed by atoms with E-state index in [0.29, 0.717) is 10.7 Å². The van der Waals surface area contributed by atoms with Gasteiger partial charge < -0.3 is 0 Å². The molecule has 0 saturated carbocycles. The highest BCUT2D eigenvalue weighted by molar-refractivity contribution is 7.80. The molecule has 0 aliphatic carbocycles. The van der Waals surface area contributed by atoms with Crippen LogP contribution in [0.1, 0.15) is 24.1 Å². The van der Waals surface area contributed by atoms with Gasteiger partial charge in [0.15, 0.2) is 5.11 Å². The van der Waals surface area contributed by atoms with Gasteiger partial charge in [-0.1, -0.05) is 96.5 Å². The fraction of sp³-hybridized carbons (Fsp3) is 0.0645. The third kappa shape index (κ3) is 4.84. The first kappa shape index (κ1) is 24.6. The van der Waals surface area contributed by atoms with Crippen LogP contribution in [0.15, 0.2) is 115 Å². The van der Waals surface area contributed by atoms with Crippen molar-refractivity contribution in [2.45, 2.75) is 13.0 Å². The van der Waals surface area contributed by atoms with Crippen molar-refractivity contribution in [3.05, 3.63) is 131 Å². The third-order valence-corrected chi connectivity index (χ3v) is 7.01. The van der Waals surface area contributed by atoms with Gasteiger partial charge in [0.1, 0.15) is 5.57 Å². The Labute approximate surface area is 226 Å². The van der Waals surface area contributed by atoms with Gasteiger partial charge in [0.05, 0.1) is 11.7 Å². The van der Waals surface area contributed by atoms with Crippen LogP contribution in [0.5, 0.6) is 0 Å². The van der Waals surface area contributed by atoms with Crippen LogP contribution in [0.2, 0.25) is 5.02 Å². The number of nitrogens with zero attached hydrogens (tertiary/aromatic N) is 2. The van der Waals surface area contributed by atoms with Crippen LogP contribution in [0.25, 0.3) is 16.8 Å². The molecule has 1 aliphatic heterocycles. The highest BCUT2D eigenvalue weighted by atomic mass is 35.5. The lowest BCUT2D eigenvalue weighted by Gasteiger charge is -2.40. The molecule has 4 aromatic rings. The van der Waals surface area contributed by atoms with E-state index in [2.05, 4.69) is 0 Å². The Morgan fingerprint density at radius 2 is 1.49 bits per heavy atom. The molecule has 5 rings (SSSR count). The normalized spacial score (nSPS) is 16.3. The maximum Gasteiger partial charge on any atom is 0.270 e. The number of amides is 2. The number of hydrogen-bond acceptors (Lipinski definition) is 3. The van der Waals surface area contributed by atoms with Crippen molar-refractivity contribution in [3.63, 3.8) is 0 Å². The lowest BCUT2D eigenvalue weighted by Crippen LogP contribution is -2.57. The molecule has 1 unspecified atom stereocenters. The Kier molecular flexibility index (Phi) is 6.99. The summed E-state index contributed by atoms with van der Waals surface area (Å²) in [6, 6.07) is 30.1. The Morgan fingerprint density at radius 1 is 0.811 bits per heavy atom. The van der Waals surface area contributed by atoms with Crippen molar-refractivity contribution < 1.29 is 9.59 Å². The Bertz CT molecular complexity index is 1560. The largest absolute Gasteiger partial charge is 0.277 e. The number of carbonyl (C=O) groups excluding carboxylic acids is 2. The molecule has 1 aliphatic rings. The van der Waals surface area contributed by atoms with E-state index in [1.807, 2.05) is 85.8 Å². The average molecular weight is 523 g/mol. The maximum absolute atomic E-state index is 13.8. The molecule has 4 aromatic carbocycles. The minimum Gasteiger partial charge on any atom is -0.277 e. The van der Waals surface area contributed by atoms with E-state index in [0.717, 1.165) is 21.9 Å². The molecule has 1 fully saturated rings. The molecule has 0 radical (unpaired) electrons. The first-order valence-electron chi connectivity index (χ1n) is 11.8. The van der Waals surface area contributed by atoms with Crippen molar-refractivity contribution >= 4 is 63.3 Å². The molecule has 2 amide bonds. The van der Waals surface area contributed by atoms with E-state index < -0.39 is 17.9 Å². The molecule has 0 N–H and O–H groups in total. The van der Waals surface area contributed by atoms with E-state index in [-0.39, 0.29) is 10.7 Å². The topological polar surface area (TPSA) is 40.6 Å². The number of anilines is 1. The van der Waals surface area contributed by atoms with Crippen molar-refractivity contribution in [1.29, 1.82) is 0 Å². The quantitative estimate of drug-likeness (QED) is 0.156. The number of rotatable bonds is 5. The summed E-state index contributed by atoms with van der Waals surface area (Å²) in [6.45, 7) is 1.93. The first-order valence-corrected chi connectivity index (χ1v) is 12.6. The predicted molar refractivity (Wildman–Crippen MR) is 154 cm³/mol. The summed E-state index contributed by atoms with van der Waals surface area (Å²) in [5.41, 5.74) is 2.47. The lowest BCUT2D eigenvalue weighted by molar-refractivity contribution is -0.129. The number of halogens is 1. The van der Waals surface area contributed by atoms with Crippen molar-refractivity contribution in [2.75, 3.05) is 4.90 Å². The molecule has 182 valence electrons. The lowest BCUT2D eigenvalue weighted by atomic mass is 9.97. The van der Waals surface area contributed by atoms with E-state index in [1.165, 1.54) is 9.80 Å². The van der Waals surface area contributed by atoms with E-state index in [1.54, 1.807) is 36.4 Å². The molecule has 6 heteroatoms. The van der Waals surface area contributed by atoms with E-state index >= 15 is 0 Å². The van der Waals surface area contributed by atoms with Crippen LogP contribution >= 0.6 is 23.8 Å². The smallest absolute Gasteiger partial charge is 0.270 e. The van der Waals surface area contributed by atoms with E-state index in [4.69, 9.17) is 23.8 Å². The Hall–Kier alpha value is -4.06. The number of allylic oxidation sites excluding steroid dienone is 2. The second-order valence-corrected chi connectivity index (χ2v) is 9.47. The summed E-state index contributed by atoms with van der Waals surface area (Å²) in [6.07, 6.45) is 5.13. The minimum absolute atomic E-state index is 0.0304. The van der Waals surface area contributed by atoms with Gasteiger partial charge in [-0.3, -0.25) is 19.4 Å². The minimum atomic E-state index is -0.476. The standard InChI is InChI=1S/C31H23ClN2O2S/c1-21(26-15-8-13-23-12-5-6-14-27(23)26)33-29(35)28(16-7-11-22-9-3-2-4-10-22)30(36)34(31(33)37)25-19-17-24(32)18-20-25/h2-21H,1H3/b11-7-,28-16-. The SMILES string of the molecule is CC(c1cccc2ccccc12)N1C(=O)/C(=C/C=C\c2ccccc2)C(=O)N(c2ccc(Cl)cc2)C1=S. The summed E-state index contributed by atoms with van der Waals surface area (Å²) < 4.78 is 0. The molecule has 4 nitrogen and oxygen atoms in total. The third-order valence-electron chi connectivity index (χ3n) is 6.38. The summed E-state index contributed by atoms with van der Waals surface area (Å²) in [7, 11) is 0. The summed E-state index contributed by atoms with van der Waals surface area (Å²) in [5.74, 6) is -0.908. The number of carbonyl (C=O) groups is 2. The molecular weight excluding hydrogens is 500 g/mol. The van der Waals surface area contributed by atoms with Crippen molar-refractivity contribution in [1.82, 2.24) is 4.90 Å². The summed E-state index contributed by atoms with van der Waals surface area (Å²) >= 11 is 11.9. The number of hydrogen-bond donors (Lipinski definition) is 0. The highest BCUT2D eigenvalue weighted by Gasteiger charge is 2.42. The zero-order valence-corrected chi connectivity index (χ0v) is 21.6. The predicted octanol–water partition coefficient (Wildman–Crippen LogP) is 7.35. The van der Waals surface area contributed by atoms with Gasteiger partial charge in [-0.2, -0.15) is 0 Å². The van der Waals surface area contributed by atoms with Crippen molar-refractivity contribution in [2.24, 2.45) is 0 Å². The second-order valence-electron chi connectivity index (χ2n) is 8.67. The summed E-state index contributed by atoms with van der Waals surface area (Å²) in [4.78, 5) is 30.4. The monoisotopic (exact) mass is 522 g/mol. The van der Waals surface area contributed by atoms with Gasteiger partial charge in [-0.15, -0.1) is 0 Å². The average Bonchev–Trinajstić information content (AvgIpc) is 2.92. The molecular formula is C31H23ClN2O2S. The van der Waals surface area contributed by atoms with Gasteiger partial charge >= 0.3 is 0 Å².